The Morgan fingerprint density at radius 3 is 2.71 bits per heavy atom. The monoisotopic (exact) mass is 399 g/mol. The number of aromatic nitrogens is 2. The van der Waals surface area contributed by atoms with E-state index in [1.54, 1.807) is 17.8 Å². The summed E-state index contributed by atoms with van der Waals surface area (Å²) in [7, 11) is 4.11. The molecule has 0 spiro atoms. The van der Waals surface area contributed by atoms with Crippen molar-refractivity contribution in [3.8, 4) is 0 Å². The zero-order chi connectivity index (χ0) is 19.7. The number of carbonyl (C=O) groups excluding carboxylic acids is 2. The molecule has 2 aliphatic heterocycles. The number of amides is 2. The molecule has 0 aliphatic carbocycles. The van der Waals surface area contributed by atoms with Gasteiger partial charge in [0.05, 0.1) is 18.2 Å². The molecule has 2 saturated heterocycles. The van der Waals surface area contributed by atoms with Crippen molar-refractivity contribution in [2.24, 2.45) is 11.3 Å². The predicted octanol–water partition coefficient (Wildman–Crippen LogP) is 1.24. The maximum atomic E-state index is 12.9. The molecular formula is C20H25N5O2S. The molecular weight excluding hydrogens is 374 g/mol. The third kappa shape index (κ3) is 3.66. The average molecular weight is 400 g/mol. The van der Waals surface area contributed by atoms with Crippen LogP contribution in [0.4, 0.5) is 0 Å². The fourth-order valence-electron chi connectivity index (χ4n) is 4.64. The Hall–Kier alpha value is -2.32. The molecule has 2 atom stereocenters. The molecule has 2 unspecified atom stereocenters. The van der Waals surface area contributed by atoms with Gasteiger partial charge in [-0.05, 0) is 37.8 Å². The Kier molecular flexibility index (Phi) is 5.16. The van der Waals surface area contributed by atoms with Crippen molar-refractivity contribution in [3.63, 3.8) is 0 Å². The number of hydrogen-bond acceptors (Lipinski definition) is 6. The third-order valence-electron chi connectivity index (χ3n) is 5.77. The van der Waals surface area contributed by atoms with Crippen LogP contribution < -0.4 is 0 Å². The van der Waals surface area contributed by atoms with Crippen molar-refractivity contribution < 1.29 is 9.59 Å². The number of fused-ring (bicyclic) bond motifs is 1. The minimum absolute atomic E-state index is 0.0487. The molecule has 0 N–H and O–H groups in total. The van der Waals surface area contributed by atoms with Crippen LogP contribution in [-0.4, -0.2) is 82.7 Å². The number of nitrogens with zero attached hydrogens (tertiary/aromatic N) is 5. The first-order valence-corrected chi connectivity index (χ1v) is 10.3. The van der Waals surface area contributed by atoms with E-state index in [1.165, 1.54) is 11.5 Å². The molecule has 4 rings (SSSR count). The first-order valence-electron chi connectivity index (χ1n) is 9.48. The molecule has 8 heteroatoms. The normalized spacial score (nSPS) is 24.0. The number of pyridine rings is 1. The van der Waals surface area contributed by atoms with E-state index in [9.17, 15) is 9.59 Å². The molecule has 0 saturated carbocycles. The molecule has 2 aliphatic rings. The first-order chi connectivity index (χ1) is 13.5. The summed E-state index contributed by atoms with van der Waals surface area (Å²) in [6, 6.07) is 5.65. The minimum Gasteiger partial charge on any atom is -0.341 e. The summed E-state index contributed by atoms with van der Waals surface area (Å²) < 4.78 is 4.05. The van der Waals surface area contributed by atoms with Gasteiger partial charge in [-0.2, -0.15) is 0 Å². The lowest BCUT2D eigenvalue weighted by atomic mass is 9.80. The molecule has 0 radical (unpaired) electrons. The molecule has 2 fully saturated rings. The highest BCUT2D eigenvalue weighted by molar-refractivity contribution is 7.03. The summed E-state index contributed by atoms with van der Waals surface area (Å²) in [6.45, 7) is 3.61. The molecule has 148 valence electrons. The van der Waals surface area contributed by atoms with Crippen molar-refractivity contribution in [3.05, 3.63) is 47.2 Å². The Labute approximate surface area is 169 Å². The summed E-state index contributed by atoms with van der Waals surface area (Å²) in [4.78, 5) is 36.0. The maximum absolute atomic E-state index is 12.9. The van der Waals surface area contributed by atoms with Crippen molar-refractivity contribution in [1.82, 2.24) is 24.1 Å². The van der Waals surface area contributed by atoms with Gasteiger partial charge in [0.15, 0.2) is 0 Å². The van der Waals surface area contributed by atoms with E-state index in [-0.39, 0.29) is 23.1 Å². The number of likely N-dealkylation sites (tertiary alicyclic amines) is 2. The second-order valence-electron chi connectivity index (χ2n) is 8.17. The average Bonchev–Trinajstić information content (AvgIpc) is 3.35. The van der Waals surface area contributed by atoms with Gasteiger partial charge in [-0.15, -0.1) is 0 Å². The van der Waals surface area contributed by atoms with E-state index in [4.69, 9.17) is 0 Å². The standard InChI is InChI=1S/C20H25N5O2S/c1-23(2)12-20-13-24(18(26)7-17-5-3-4-6-21-17)9-16(20)10-25(14-20)19(27)15-8-22-28-11-15/h3-6,8,11,16H,7,9-10,12-14H2,1-2H3. The van der Waals surface area contributed by atoms with Crippen molar-refractivity contribution in [1.29, 1.82) is 0 Å². The van der Waals surface area contributed by atoms with E-state index in [0.29, 0.717) is 38.2 Å². The molecule has 2 amide bonds. The molecule has 4 heterocycles. The fourth-order valence-corrected chi connectivity index (χ4v) is 5.15. The highest BCUT2D eigenvalue weighted by atomic mass is 32.1. The molecule has 2 aromatic heterocycles. The summed E-state index contributed by atoms with van der Waals surface area (Å²) >= 11 is 1.30. The Balaban J connectivity index is 1.48. The van der Waals surface area contributed by atoms with Gasteiger partial charge >= 0.3 is 0 Å². The lowest BCUT2D eigenvalue weighted by Gasteiger charge is -2.32. The van der Waals surface area contributed by atoms with Gasteiger partial charge in [-0.3, -0.25) is 14.6 Å². The Morgan fingerprint density at radius 1 is 1.25 bits per heavy atom. The van der Waals surface area contributed by atoms with Crippen molar-refractivity contribution >= 4 is 23.3 Å². The zero-order valence-electron chi connectivity index (χ0n) is 16.2. The largest absolute Gasteiger partial charge is 0.341 e. The van der Waals surface area contributed by atoms with E-state index >= 15 is 0 Å². The van der Waals surface area contributed by atoms with E-state index < -0.39 is 0 Å². The van der Waals surface area contributed by atoms with Gasteiger partial charge in [0.25, 0.3) is 5.91 Å². The van der Waals surface area contributed by atoms with Crippen LogP contribution in [0.5, 0.6) is 0 Å². The van der Waals surface area contributed by atoms with Gasteiger partial charge in [0, 0.05) is 61.3 Å². The lowest BCUT2D eigenvalue weighted by molar-refractivity contribution is -0.130. The van der Waals surface area contributed by atoms with Gasteiger partial charge < -0.3 is 14.7 Å². The molecule has 2 aromatic rings. The quantitative estimate of drug-likeness (QED) is 0.757. The van der Waals surface area contributed by atoms with Crippen LogP contribution in [0.2, 0.25) is 0 Å². The molecule has 28 heavy (non-hydrogen) atoms. The van der Waals surface area contributed by atoms with Crippen LogP contribution in [-0.2, 0) is 11.2 Å². The summed E-state index contributed by atoms with van der Waals surface area (Å²) in [5.41, 5.74) is 1.38. The van der Waals surface area contributed by atoms with Crippen LogP contribution in [0.1, 0.15) is 16.1 Å². The highest BCUT2D eigenvalue weighted by Gasteiger charge is 2.54. The van der Waals surface area contributed by atoms with Crippen molar-refractivity contribution in [2.45, 2.75) is 6.42 Å². The summed E-state index contributed by atoms with van der Waals surface area (Å²) in [5, 5.41) is 1.80. The molecule has 0 aromatic carbocycles. The van der Waals surface area contributed by atoms with Crippen LogP contribution in [0, 0.1) is 11.3 Å². The second kappa shape index (κ2) is 7.60. The van der Waals surface area contributed by atoms with Crippen LogP contribution in [0.3, 0.4) is 0 Å². The van der Waals surface area contributed by atoms with Crippen LogP contribution in [0.25, 0.3) is 0 Å². The number of carbonyl (C=O) groups is 2. The first kappa shape index (κ1) is 19.0. The van der Waals surface area contributed by atoms with Gasteiger partial charge in [-0.1, -0.05) is 6.07 Å². The Morgan fingerprint density at radius 2 is 2.04 bits per heavy atom. The summed E-state index contributed by atoms with van der Waals surface area (Å²) in [6.07, 6.45) is 3.69. The number of rotatable bonds is 5. The summed E-state index contributed by atoms with van der Waals surface area (Å²) in [5.74, 6) is 0.455. The van der Waals surface area contributed by atoms with E-state index in [1.807, 2.05) is 28.0 Å². The van der Waals surface area contributed by atoms with E-state index in [2.05, 4.69) is 28.4 Å². The SMILES string of the molecule is CN(C)CC12CN(C(=O)Cc3ccccn3)CC1CN(C(=O)c1cnsc1)C2. The molecule has 7 nitrogen and oxygen atoms in total. The zero-order valence-corrected chi connectivity index (χ0v) is 17.1. The maximum Gasteiger partial charge on any atom is 0.256 e. The molecule has 0 bridgehead atoms. The van der Waals surface area contributed by atoms with Gasteiger partial charge in [0.1, 0.15) is 0 Å². The smallest absolute Gasteiger partial charge is 0.256 e. The van der Waals surface area contributed by atoms with E-state index in [0.717, 1.165) is 12.2 Å². The van der Waals surface area contributed by atoms with Gasteiger partial charge in [0.2, 0.25) is 5.91 Å². The third-order valence-corrected chi connectivity index (χ3v) is 6.35. The predicted molar refractivity (Wildman–Crippen MR) is 107 cm³/mol. The van der Waals surface area contributed by atoms with Crippen molar-refractivity contribution in [2.75, 3.05) is 46.8 Å². The highest BCUT2D eigenvalue weighted by Crippen LogP contribution is 2.43. The number of hydrogen-bond donors (Lipinski definition) is 0. The topological polar surface area (TPSA) is 69.6 Å². The second-order valence-corrected chi connectivity index (χ2v) is 8.83. The Bertz CT molecular complexity index is 842. The van der Waals surface area contributed by atoms with Gasteiger partial charge in [-0.25, -0.2) is 4.37 Å². The minimum atomic E-state index is -0.0810. The van der Waals surface area contributed by atoms with Crippen LogP contribution >= 0.6 is 11.5 Å². The lowest BCUT2D eigenvalue weighted by Crippen LogP contribution is -2.44. The van der Waals surface area contributed by atoms with Crippen LogP contribution in [0.15, 0.2) is 36.0 Å². The fraction of sp³-hybridized carbons (Fsp3) is 0.500.